The summed E-state index contributed by atoms with van der Waals surface area (Å²) in [6.07, 6.45) is 4.18. The number of hydrogen-bond acceptors (Lipinski definition) is 4. The Bertz CT molecular complexity index is 562. The van der Waals surface area contributed by atoms with Crippen LogP contribution in [0.2, 0.25) is 0 Å². The van der Waals surface area contributed by atoms with Gasteiger partial charge in [0.25, 0.3) is 0 Å². The lowest BCUT2D eigenvalue weighted by Gasteiger charge is -2.17. The van der Waals surface area contributed by atoms with Crippen LogP contribution in [0.25, 0.3) is 0 Å². The van der Waals surface area contributed by atoms with E-state index >= 15 is 0 Å². The van der Waals surface area contributed by atoms with E-state index in [1.165, 1.54) is 12.8 Å². The van der Waals surface area contributed by atoms with E-state index in [0.717, 1.165) is 24.7 Å². The average Bonchev–Trinajstić information content (AvgIpc) is 2.93. The predicted octanol–water partition coefficient (Wildman–Crippen LogP) is 4.07. The summed E-state index contributed by atoms with van der Waals surface area (Å²) >= 11 is 2.38. The number of pyridine rings is 1. The van der Waals surface area contributed by atoms with E-state index in [2.05, 4.69) is 31.0 Å². The van der Waals surface area contributed by atoms with Crippen molar-refractivity contribution in [1.29, 1.82) is 0 Å². The van der Waals surface area contributed by atoms with Gasteiger partial charge in [-0.3, -0.25) is 0 Å². The molecular weight excluding hydrogens is 379 g/mol. The molecule has 0 saturated carbocycles. The highest BCUT2D eigenvalue weighted by atomic mass is 127. The summed E-state index contributed by atoms with van der Waals surface area (Å²) in [5, 5.41) is 0. The number of halogens is 1. The molecule has 1 aromatic heterocycles. The Morgan fingerprint density at radius 2 is 1.95 bits per heavy atom. The van der Waals surface area contributed by atoms with E-state index < -0.39 is 0 Å². The molecule has 110 valence electrons. The van der Waals surface area contributed by atoms with Crippen LogP contribution >= 0.6 is 22.9 Å². The van der Waals surface area contributed by atoms with Crippen molar-refractivity contribution in [2.75, 3.05) is 13.2 Å². The van der Waals surface area contributed by atoms with E-state index in [1.807, 2.05) is 42.5 Å². The molecule has 0 spiro atoms. The summed E-state index contributed by atoms with van der Waals surface area (Å²) in [7, 11) is 0. The van der Waals surface area contributed by atoms with Crippen LogP contribution in [0.1, 0.15) is 12.8 Å². The van der Waals surface area contributed by atoms with Gasteiger partial charge in [-0.2, -0.15) is 0 Å². The number of aromatic nitrogens is 1. The third kappa shape index (κ3) is 4.07. The van der Waals surface area contributed by atoms with Crippen LogP contribution in [-0.2, 0) is 0 Å². The van der Waals surface area contributed by atoms with Crippen molar-refractivity contribution in [3.63, 3.8) is 0 Å². The monoisotopic (exact) mass is 396 g/mol. The highest BCUT2D eigenvalue weighted by molar-refractivity contribution is 14.1. The molecule has 4 nitrogen and oxygen atoms in total. The molecule has 0 amide bonds. The molecule has 1 fully saturated rings. The van der Waals surface area contributed by atoms with Crippen LogP contribution in [-0.4, -0.2) is 27.3 Å². The SMILES string of the molecule is IN1CCCC1COc1ccc(Oc2ccccn2)cc1. The van der Waals surface area contributed by atoms with Gasteiger partial charge >= 0.3 is 0 Å². The fourth-order valence-electron chi connectivity index (χ4n) is 2.29. The quantitative estimate of drug-likeness (QED) is 0.564. The minimum atomic E-state index is 0.523. The average molecular weight is 396 g/mol. The summed E-state index contributed by atoms with van der Waals surface area (Å²) in [4.78, 5) is 4.13. The maximum atomic E-state index is 5.85. The number of benzene rings is 1. The summed E-state index contributed by atoms with van der Waals surface area (Å²) in [6, 6.07) is 13.8. The zero-order chi connectivity index (χ0) is 14.5. The minimum Gasteiger partial charge on any atom is -0.492 e. The first-order valence-electron chi connectivity index (χ1n) is 7.05. The Morgan fingerprint density at radius 3 is 2.62 bits per heavy atom. The molecule has 2 aromatic rings. The standard InChI is InChI=1S/C16H17IN2O2/c17-19-11-3-4-13(19)12-20-14-6-8-15(9-7-14)21-16-5-1-2-10-18-16/h1-2,5-10,13H,3-4,11-12H2. The van der Waals surface area contributed by atoms with Crippen molar-refractivity contribution in [3.05, 3.63) is 48.7 Å². The number of hydrogen-bond donors (Lipinski definition) is 0. The second-order valence-electron chi connectivity index (χ2n) is 4.97. The van der Waals surface area contributed by atoms with Gasteiger partial charge in [0.15, 0.2) is 0 Å². The van der Waals surface area contributed by atoms with Gasteiger partial charge in [0.05, 0.1) is 6.04 Å². The molecule has 5 heteroatoms. The zero-order valence-corrected chi connectivity index (χ0v) is 13.8. The summed E-state index contributed by atoms with van der Waals surface area (Å²) < 4.78 is 13.8. The molecule has 1 aliphatic rings. The largest absolute Gasteiger partial charge is 0.492 e. The normalized spacial score (nSPS) is 18.6. The third-order valence-corrected chi connectivity index (χ3v) is 4.70. The fraction of sp³-hybridized carbons (Fsp3) is 0.312. The second-order valence-corrected chi connectivity index (χ2v) is 6.21. The molecule has 2 heterocycles. The maximum absolute atomic E-state index is 5.85. The lowest BCUT2D eigenvalue weighted by atomic mass is 10.2. The Balaban J connectivity index is 1.54. The fourth-order valence-corrected chi connectivity index (χ4v) is 3.07. The van der Waals surface area contributed by atoms with Gasteiger partial charge in [0, 0.05) is 41.7 Å². The van der Waals surface area contributed by atoms with E-state index in [-0.39, 0.29) is 0 Å². The lowest BCUT2D eigenvalue weighted by molar-refractivity contribution is 0.249. The number of rotatable bonds is 5. The zero-order valence-electron chi connectivity index (χ0n) is 11.6. The Kier molecular flexibility index (Phi) is 4.92. The molecule has 1 aliphatic heterocycles. The van der Waals surface area contributed by atoms with Gasteiger partial charge in [0.2, 0.25) is 5.88 Å². The first-order valence-corrected chi connectivity index (χ1v) is 8.02. The molecule has 1 saturated heterocycles. The van der Waals surface area contributed by atoms with E-state index in [9.17, 15) is 0 Å². The third-order valence-electron chi connectivity index (χ3n) is 3.43. The summed E-state index contributed by atoms with van der Waals surface area (Å²) in [6.45, 7) is 1.90. The molecule has 1 unspecified atom stereocenters. The smallest absolute Gasteiger partial charge is 0.219 e. The summed E-state index contributed by atoms with van der Waals surface area (Å²) in [5.74, 6) is 2.23. The van der Waals surface area contributed by atoms with Crippen molar-refractivity contribution in [3.8, 4) is 17.4 Å². The van der Waals surface area contributed by atoms with E-state index in [1.54, 1.807) is 6.20 Å². The van der Waals surface area contributed by atoms with E-state index in [4.69, 9.17) is 9.47 Å². The van der Waals surface area contributed by atoms with Gasteiger partial charge in [-0.1, -0.05) is 6.07 Å². The first-order chi connectivity index (χ1) is 10.3. The number of nitrogens with zero attached hydrogens (tertiary/aromatic N) is 2. The lowest BCUT2D eigenvalue weighted by Crippen LogP contribution is -2.26. The number of ether oxygens (including phenoxy) is 2. The molecule has 21 heavy (non-hydrogen) atoms. The van der Waals surface area contributed by atoms with Crippen molar-refractivity contribution >= 4 is 22.9 Å². The summed E-state index contributed by atoms with van der Waals surface area (Å²) in [5.41, 5.74) is 0. The van der Waals surface area contributed by atoms with Crippen LogP contribution in [0, 0.1) is 0 Å². The second kappa shape index (κ2) is 7.09. The molecule has 1 aromatic carbocycles. The first kappa shape index (κ1) is 14.6. The van der Waals surface area contributed by atoms with Gasteiger partial charge < -0.3 is 9.47 Å². The molecule has 1 atom stereocenters. The van der Waals surface area contributed by atoms with Crippen molar-refractivity contribution in [2.45, 2.75) is 18.9 Å². The van der Waals surface area contributed by atoms with Crippen LogP contribution in [0.3, 0.4) is 0 Å². The molecule has 0 N–H and O–H groups in total. The van der Waals surface area contributed by atoms with Crippen LogP contribution < -0.4 is 9.47 Å². The Hall–Kier alpha value is -1.34. The molecule has 0 radical (unpaired) electrons. The van der Waals surface area contributed by atoms with Gasteiger partial charge in [-0.15, -0.1) is 0 Å². The van der Waals surface area contributed by atoms with E-state index in [0.29, 0.717) is 11.9 Å². The van der Waals surface area contributed by atoms with Crippen LogP contribution in [0.5, 0.6) is 17.4 Å². The Morgan fingerprint density at radius 1 is 1.14 bits per heavy atom. The highest BCUT2D eigenvalue weighted by Crippen LogP contribution is 2.24. The van der Waals surface area contributed by atoms with Gasteiger partial charge in [-0.05, 0) is 43.2 Å². The van der Waals surface area contributed by atoms with Crippen molar-refractivity contribution in [2.24, 2.45) is 0 Å². The molecule has 3 rings (SSSR count). The maximum Gasteiger partial charge on any atom is 0.219 e. The molecule has 0 aliphatic carbocycles. The van der Waals surface area contributed by atoms with Crippen molar-refractivity contribution in [1.82, 2.24) is 8.10 Å². The topological polar surface area (TPSA) is 34.6 Å². The van der Waals surface area contributed by atoms with Gasteiger partial charge in [0.1, 0.15) is 18.1 Å². The van der Waals surface area contributed by atoms with Gasteiger partial charge in [-0.25, -0.2) is 8.10 Å². The molecule has 0 bridgehead atoms. The Labute approximate surface area is 138 Å². The van der Waals surface area contributed by atoms with Crippen LogP contribution in [0.15, 0.2) is 48.7 Å². The van der Waals surface area contributed by atoms with Crippen LogP contribution in [0.4, 0.5) is 0 Å². The molecular formula is C16H17IN2O2. The minimum absolute atomic E-state index is 0.523. The predicted molar refractivity (Wildman–Crippen MR) is 90.0 cm³/mol. The van der Waals surface area contributed by atoms with Crippen molar-refractivity contribution < 1.29 is 9.47 Å². The highest BCUT2D eigenvalue weighted by Gasteiger charge is 2.22.